The number of aromatic nitrogens is 5. The Balaban J connectivity index is 1.47. The van der Waals surface area contributed by atoms with Crippen molar-refractivity contribution in [2.45, 2.75) is 18.9 Å². The Morgan fingerprint density at radius 3 is 2.58 bits per heavy atom. The van der Waals surface area contributed by atoms with E-state index in [9.17, 15) is 10.1 Å². The van der Waals surface area contributed by atoms with E-state index < -0.39 is 6.09 Å². The first kappa shape index (κ1) is 20.5. The minimum absolute atomic E-state index is 0.0206. The number of hydrogen-bond acceptors (Lipinski definition) is 6. The van der Waals surface area contributed by atoms with Crippen LogP contribution in [0, 0.1) is 11.3 Å². The molecule has 0 atom stereocenters. The Bertz CT molecular complexity index is 1360. The number of amides is 1. The number of nitrogens with one attached hydrogen (secondary N) is 1. The number of nitriles is 1. The molecule has 0 aliphatic carbocycles. The first-order chi connectivity index (χ1) is 16.0. The number of anilines is 1. The monoisotopic (exact) mass is 442 g/mol. The molecular weight excluding hydrogens is 420 g/mol. The number of fused-ring (bicyclic) bond motifs is 1. The molecule has 0 radical (unpaired) electrons. The first-order valence-electron chi connectivity index (χ1n) is 10.6. The summed E-state index contributed by atoms with van der Waals surface area (Å²) in [4.78, 5) is 17.7. The Kier molecular flexibility index (Phi) is 5.14. The second-order valence-electron chi connectivity index (χ2n) is 8.12. The number of carbonyl (C=O) groups is 1. The zero-order valence-electron chi connectivity index (χ0n) is 18.0. The van der Waals surface area contributed by atoms with E-state index in [1.165, 1.54) is 0 Å². The summed E-state index contributed by atoms with van der Waals surface area (Å²) in [6.45, 7) is 1.47. The van der Waals surface area contributed by atoms with Gasteiger partial charge in [-0.3, -0.25) is 4.68 Å². The first-order valence-corrected chi connectivity index (χ1v) is 10.6. The van der Waals surface area contributed by atoms with Gasteiger partial charge in [-0.15, -0.1) is 0 Å². The third kappa shape index (κ3) is 3.96. The van der Waals surface area contributed by atoms with Gasteiger partial charge < -0.3 is 15.3 Å². The molecule has 1 fully saturated rings. The fourth-order valence-corrected chi connectivity index (χ4v) is 4.31. The molecule has 4 aromatic rings. The molecule has 33 heavy (non-hydrogen) atoms. The normalized spacial score (nSPS) is 14.4. The van der Waals surface area contributed by atoms with Crippen LogP contribution in [0.4, 0.5) is 10.6 Å². The van der Waals surface area contributed by atoms with E-state index in [1.807, 2.05) is 43.8 Å². The average Bonchev–Trinajstić information content (AvgIpc) is 3.44. The van der Waals surface area contributed by atoms with Crippen LogP contribution in [0.3, 0.4) is 0 Å². The highest BCUT2D eigenvalue weighted by Gasteiger charge is 2.21. The van der Waals surface area contributed by atoms with Crippen LogP contribution in [0.15, 0.2) is 49.2 Å². The van der Waals surface area contributed by atoms with Crippen LogP contribution >= 0.6 is 0 Å². The van der Waals surface area contributed by atoms with Crippen LogP contribution in [0.2, 0.25) is 0 Å². The third-order valence-corrected chi connectivity index (χ3v) is 5.98. The predicted octanol–water partition coefficient (Wildman–Crippen LogP) is 2.90. The summed E-state index contributed by atoms with van der Waals surface area (Å²) in [7, 11) is 1.87. The smallest absolute Gasteiger partial charge is 0.404 e. The molecule has 10 heteroatoms. The summed E-state index contributed by atoms with van der Waals surface area (Å²) in [5, 5.41) is 29.7. The maximum atomic E-state index is 10.9. The van der Waals surface area contributed by atoms with Crippen molar-refractivity contribution in [1.82, 2.24) is 29.7 Å². The van der Waals surface area contributed by atoms with Crippen LogP contribution in [0.5, 0.6) is 0 Å². The predicted molar refractivity (Wildman–Crippen MR) is 122 cm³/mol. The summed E-state index contributed by atoms with van der Waals surface area (Å²) in [6.07, 6.45) is 9.51. The fraction of sp³-hybridized carbons (Fsp3) is 0.261. The second-order valence-corrected chi connectivity index (χ2v) is 8.12. The molecule has 5 rings (SSSR count). The molecule has 0 aromatic carbocycles. The van der Waals surface area contributed by atoms with Gasteiger partial charge in [-0.05, 0) is 31.0 Å². The molecular formula is C23H22N8O2. The lowest BCUT2D eigenvalue weighted by Crippen LogP contribution is -2.44. The van der Waals surface area contributed by atoms with E-state index >= 15 is 0 Å². The molecule has 0 saturated carbocycles. The van der Waals surface area contributed by atoms with Gasteiger partial charge in [0.2, 0.25) is 0 Å². The summed E-state index contributed by atoms with van der Waals surface area (Å²) >= 11 is 0. The quantitative estimate of drug-likeness (QED) is 0.498. The van der Waals surface area contributed by atoms with E-state index in [2.05, 4.69) is 31.5 Å². The lowest BCUT2D eigenvalue weighted by atomic mass is 10.0. The highest BCUT2D eigenvalue weighted by molar-refractivity contribution is 5.87. The number of rotatable bonds is 4. The maximum absolute atomic E-state index is 10.9. The van der Waals surface area contributed by atoms with Crippen LogP contribution < -0.4 is 10.2 Å². The lowest BCUT2D eigenvalue weighted by molar-refractivity contribution is 0.187. The highest BCUT2D eigenvalue weighted by Crippen LogP contribution is 2.32. The van der Waals surface area contributed by atoms with Crippen molar-refractivity contribution in [1.29, 1.82) is 5.26 Å². The Morgan fingerprint density at radius 2 is 1.94 bits per heavy atom. The molecule has 0 unspecified atom stereocenters. The van der Waals surface area contributed by atoms with Crippen LogP contribution in [-0.4, -0.2) is 54.7 Å². The number of hydrogen-bond donors (Lipinski definition) is 2. The SMILES string of the molecule is Cn1cc(-c2cc(-c3ccc(N4CCC(NC(=O)O)CC4)nc3)c3c(C#N)cnn3c2)cn1. The molecule has 5 heterocycles. The number of aryl methyl sites for hydroxylation is 1. The van der Waals surface area contributed by atoms with Crippen molar-refractivity contribution in [2.75, 3.05) is 18.0 Å². The third-order valence-electron chi connectivity index (χ3n) is 5.98. The van der Waals surface area contributed by atoms with Gasteiger partial charge in [0.1, 0.15) is 11.9 Å². The van der Waals surface area contributed by atoms with E-state index in [1.54, 1.807) is 21.6 Å². The van der Waals surface area contributed by atoms with Gasteiger partial charge in [-0.1, -0.05) is 0 Å². The van der Waals surface area contributed by atoms with Crippen molar-refractivity contribution in [3.05, 3.63) is 54.7 Å². The zero-order valence-corrected chi connectivity index (χ0v) is 18.0. The van der Waals surface area contributed by atoms with Gasteiger partial charge in [0.25, 0.3) is 0 Å². The van der Waals surface area contributed by atoms with Gasteiger partial charge in [-0.25, -0.2) is 14.3 Å². The van der Waals surface area contributed by atoms with Crippen molar-refractivity contribution in [3.8, 4) is 28.3 Å². The van der Waals surface area contributed by atoms with Crippen molar-refractivity contribution < 1.29 is 9.90 Å². The van der Waals surface area contributed by atoms with Crippen LogP contribution in [-0.2, 0) is 7.05 Å². The maximum Gasteiger partial charge on any atom is 0.404 e. The number of pyridine rings is 2. The van der Waals surface area contributed by atoms with Gasteiger partial charge in [-0.2, -0.15) is 15.5 Å². The molecule has 2 N–H and O–H groups in total. The summed E-state index contributed by atoms with van der Waals surface area (Å²) in [5.74, 6) is 0.848. The highest BCUT2D eigenvalue weighted by atomic mass is 16.4. The average molecular weight is 442 g/mol. The van der Waals surface area contributed by atoms with Gasteiger partial charge in [0.05, 0.1) is 23.5 Å². The van der Waals surface area contributed by atoms with Crippen molar-refractivity contribution in [3.63, 3.8) is 0 Å². The summed E-state index contributed by atoms with van der Waals surface area (Å²) in [6, 6.07) is 8.21. The Morgan fingerprint density at radius 1 is 1.12 bits per heavy atom. The Hall–Kier alpha value is -4.39. The van der Waals surface area contributed by atoms with Crippen LogP contribution in [0.25, 0.3) is 27.8 Å². The second kappa shape index (κ2) is 8.27. The van der Waals surface area contributed by atoms with E-state index in [0.717, 1.165) is 59.5 Å². The summed E-state index contributed by atoms with van der Waals surface area (Å²) < 4.78 is 3.47. The number of piperidine rings is 1. The topological polar surface area (TPSA) is 124 Å². The molecule has 1 aliphatic rings. The van der Waals surface area contributed by atoms with Crippen molar-refractivity contribution >= 4 is 17.4 Å². The number of carboxylic acid groups (broad SMARTS) is 1. The standard InChI is InChI=1S/C23H22N8O2/c1-29-13-18(12-26-29)16-8-20(22-17(9-24)11-27-31(22)14-16)15-2-3-21(25-10-15)30-6-4-19(5-7-30)28-23(32)33/h2-3,8,10-14,19,28H,4-7H2,1H3,(H,32,33). The minimum atomic E-state index is -0.979. The molecule has 1 aliphatic heterocycles. The van der Waals surface area contributed by atoms with Gasteiger partial charge in [0, 0.05) is 67.0 Å². The van der Waals surface area contributed by atoms with E-state index in [-0.39, 0.29) is 6.04 Å². The molecule has 4 aromatic heterocycles. The van der Waals surface area contributed by atoms with E-state index in [4.69, 9.17) is 5.11 Å². The largest absolute Gasteiger partial charge is 0.465 e. The van der Waals surface area contributed by atoms with Crippen LogP contribution in [0.1, 0.15) is 18.4 Å². The lowest BCUT2D eigenvalue weighted by Gasteiger charge is -2.32. The molecule has 10 nitrogen and oxygen atoms in total. The Labute approximate surface area is 189 Å². The minimum Gasteiger partial charge on any atom is -0.465 e. The molecule has 0 spiro atoms. The molecule has 1 amide bonds. The van der Waals surface area contributed by atoms with Gasteiger partial charge in [0.15, 0.2) is 0 Å². The molecule has 0 bridgehead atoms. The summed E-state index contributed by atoms with van der Waals surface area (Å²) in [5.41, 5.74) is 4.88. The molecule has 166 valence electrons. The zero-order chi connectivity index (χ0) is 22.9. The van der Waals surface area contributed by atoms with E-state index in [0.29, 0.717) is 5.56 Å². The fourth-order valence-electron chi connectivity index (χ4n) is 4.31. The number of nitrogens with zero attached hydrogens (tertiary/aromatic N) is 7. The van der Waals surface area contributed by atoms with Crippen molar-refractivity contribution in [2.24, 2.45) is 7.05 Å². The van der Waals surface area contributed by atoms with Gasteiger partial charge >= 0.3 is 6.09 Å². The molecule has 1 saturated heterocycles.